The molecule has 1 heterocycles. The third-order valence-corrected chi connectivity index (χ3v) is 5.02. The first kappa shape index (κ1) is 20.9. The molecular weight excluding hydrogens is 380 g/mol. The van der Waals surface area contributed by atoms with Gasteiger partial charge in [0, 0.05) is 22.2 Å². The topological polar surface area (TPSA) is 51.2 Å². The lowest BCUT2D eigenvalue weighted by Crippen LogP contribution is -2.11. The van der Waals surface area contributed by atoms with Crippen molar-refractivity contribution in [1.29, 1.82) is 0 Å². The van der Waals surface area contributed by atoms with Crippen molar-refractivity contribution in [3.8, 4) is 17.0 Å². The van der Waals surface area contributed by atoms with Crippen LogP contribution in [0.1, 0.15) is 36.1 Å². The van der Waals surface area contributed by atoms with Crippen LogP contribution in [0.2, 0.25) is 5.02 Å². The molecule has 0 radical (unpaired) electrons. The van der Waals surface area contributed by atoms with Crippen molar-refractivity contribution in [3.63, 3.8) is 0 Å². The number of thiazole rings is 1. The first-order chi connectivity index (χ1) is 13.1. The quantitative estimate of drug-likeness (QED) is 0.543. The Hall–Kier alpha value is -2.37. The van der Waals surface area contributed by atoms with Crippen LogP contribution in [-0.2, 0) is 6.42 Å². The van der Waals surface area contributed by atoms with Crippen LogP contribution in [0.4, 0.5) is 5.69 Å². The molecular formula is C21H23ClN2O2S. The zero-order chi connectivity index (χ0) is 19.8. The number of ether oxygens (including phenoxy) is 1. The van der Waals surface area contributed by atoms with Crippen LogP contribution >= 0.6 is 22.9 Å². The highest BCUT2D eigenvalue weighted by atomic mass is 35.5. The Bertz CT molecular complexity index is 891. The van der Waals surface area contributed by atoms with E-state index >= 15 is 0 Å². The first-order valence-electron chi connectivity index (χ1n) is 8.80. The third kappa shape index (κ3) is 5.31. The number of hydrogen-bond acceptors (Lipinski definition) is 4. The molecule has 6 heteroatoms. The summed E-state index contributed by atoms with van der Waals surface area (Å²) >= 11 is 8.00. The third-order valence-electron chi connectivity index (χ3n) is 3.71. The fourth-order valence-electron chi connectivity index (χ4n) is 2.34. The van der Waals surface area contributed by atoms with Gasteiger partial charge >= 0.3 is 0 Å². The zero-order valence-electron chi connectivity index (χ0n) is 15.9. The number of nitrogens with zero attached hydrogens (tertiary/aromatic N) is 1. The van der Waals surface area contributed by atoms with E-state index in [0.29, 0.717) is 22.0 Å². The number of carbonyl (C=O) groups excluding carboxylic acids is 1. The van der Waals surface area contributed by atoms with Gasteiger partial charge in [-0.25, -0.2) is 4.98 Å². The molecule has 0 bridgehead atoms. The molecule has 0 atom stereocenters. The second-order valence-electron chi connectivity index (χ2n) is 5.36. The molecule has 27 heavy (non-hydrogen) atoms. The molecule has 0 saturated carbocycles. The van der Waals surface area contributed by atoms with Crippen molar-refractivity contribution in [2.45, 2.75) is 27.2 Å². The van der Waals surface area contributed by atoms with Gasteiger partial charge in [0.1, 0.15) is 5.75 Å². The van der Waals surface area contributed by atoms with Gasteiger partial charge in [0.05, 0.1) is 22.8 Å². The molecule has 1 aromatic heterocycles. The van der Waals surface area contributed by atoms with Gasteiger partial charge in [0.15, 0.2) is 0 Å². The second kappa shape index (κ2) is 10.1. The summed E-state index contributed by atoms with van der Waals surface area (Å²) in [5, 5.41) is 6.47. The zero-order valence-corrected chi connectivity index (χ0v) is 17.4. The van der Waals surface area contributed by atoms with Crippen molar-refractivity contribution in [2.75, 3.05) is 12.4 Å². The number of rotatable bonds is 5. The van der Waals surface area contributed by atoms with E-state index in [1.165, 1.54) is 0 Å². The van der Waals surface area contributed by atoms with Gasteiger partial charge in [-0.15, -0.1) is 11.3 Å². The van der Waals surface area contributed by atoms with E-state index < -0.39 is 0 Å². The standard InChI is InChI=1S/C19H17ClN2O2S.C2H6/c1-3-18-22-17(11-25-18)15-9-6-13(10-16(15)20)21-19(23)12-4-7-14(24-2)8-5-12;1-2/h4-11H,3H2,1-2H3,(H,21,23);1-2H3. The molecule has 4 nitrogen and oxygen atoms in total. The second-order valence-corrected chi connectivity index (χ2v) is 6.71. The lowest BCUT2D eigenvalue weighted by atomic mass is 10.1. The van der Waals surface area contributed by atoms with Gasteiger partial charge in [0.25, 0.3) is 5.91 Å². The molecule has 1 N–H and O–H groups in total. The van der Waals surface area contributed by atoms with E-state index in [4.69, 9.17) is 16.3 Å². The van der Waals surface area contributed by atoms with Crippen molar-refractivity contribution in [1.82, 2.24) is 4.98 Å². The van der Waals surface area contributed by atoms with Gasteiger partial charge in [-0.3, -0.25) is 4.79 Å². The monoisotopic (exact) mass is 402 g/mol. The Labute approximate surface area is 169 Å². The number of carbonyl (C=O) groups is 1. The molecule has 1 amide bonds. The Kier molecular flexibility index (Phi) is 7.82. The molecule has 0 fully saturated rings. The largest absolute Gasteiger partial charge is 0.497 e. The number of anilines is 1. The number of hydrogen-bond donors (Lipinski definition) is 1. The predicted octanol–water partition coefficient (Wildman–Crippen LogP) is 6.31. The fraction of sp³-hybridized carbons (Fsp3) is 0.238. The van der Waals surface area contributed by atoms with Crippen LogP contribution in [-0.4, -0.2) is 18.0 Å². The van der Waals surface area contributed by atoms with Gasteiger partial charge < -0.3 is 10.1 Å². The molecule has 0 spiro atoms. The summed E-state index contributed by atoms with van der Waals surface area (Å²) < 4.78 is 5.09. The van der Waals surface area contributed by atoms with E-state index in [-0.39, 0.29) is 5.91 Å². The van der Waals surface area contributed by atoms with Crippen LogP contribution in [0.3, 0.4) is 0 Å². The summed E-state index contributed by atoms with van der Waals surface area (Å²) in [7, 11) is 1.59. The minimum Gasteiger partial charge on any atom is -0.497 e. The lowest BCUT2D eigenvalue weighted by Gasteiger charge is -2.08. The number of amides is 1. The van der Waals surface area contributed by atoms with E-state index in [2.05, 4.69) is 17.2 Å². The lowest BCUT2D eigenvalue weighted by molar-refractivity contribution is 0.102. The van der Waals surface area contributed by atoms with E-state index in [1.54, 1.807) is 48.8 Å². The van der Waals surface area contributed by atoms with Crippen molar-refractivity contribution in [2.24, 2.45) is 0 Å². The molecule has 0 aliphatic rings. The molecule has 3 rings (SSSR count). The summed E-state index contributed by atoms with van der Waals surface area (Å²) in [6.07, 6.45) is 0.901. The first-order valence-corrected chi connectivity index (χ1v) is 10.1. The van der Waals surface area contributed by atoms with Gasteiger partial charge in [-0.05, 0) is 48.9 Å². The summed E-state index contributed by atoms with van der Waals surface area (Å²) in [6.45, 7) is 6.07. The number of nitrogens with one attached hydrogen (secondary N) is 1. The van der Waals surface area contributed by atoms with Crippen LogP contribution in [0.5, 0.6) is 5.75 Å². The molecule has 142 valence electrons. The smallest absolute Gasteiger partial charge is 0.255 e. The molecule has 0 saturated heterocycles. The number of aryl methyl sites for hydroxylation is 1. The normalized spacial score (nSPS) is 9.96. The van der Waals surface area contributed by atoms with E-state index in [9.17, 15) is 4.79 Å². The van der Waals surface area contributed by atoms with E-state index in [1.807, 2.05) is 31.4 Å². The van der Waals surface area contributed by atoms with Crippen LogP contribution < -0.4 is 10.1 Å². The molecule has 3 aromatic rings. The number of benzene rings is 2. The number of aromatic nitrogens is 1. The molecule has 2 aromatic carbocycles. The van der Waals surface area contributed by atoms with Crippen molar-refractivity contribution in [3.05, 3.63) is 63.4 Å². The maximum atomic E-state index is 12.3. The predicted molar refractivity (Wildman–Crippen MR) is 114 cm³/mol. The highest BCUT2D eigenvalue weighted by Crippen LogP contribution is 2.31. The SMILES string of the molecule is CC.CCc1nc(-c2ccc(NC(=O)c3ccc(OC)cc3)cc2Cl)cs1. The van der Waals surface area contributed by atoms with Crippen LogP contribution in [0.15, 0.2) is 47.8 Å². The van der Waals surface area contributed by atoms with Crippen LogP contribution in [0, 0.1) is 0 Å². The minimum absolute atomic E-state index is 0.201. The van der Waals surface area contributed by atoms with Gasteiger partial charge in [-0.1, -0.05) is 32.4 Å². The molecule has 0 unspecified atom stereocenters. The maximum Gasteiger partial charge on any atom is 0.255 e. The average molecular weight is 403 g/mol. The Morgan fingerprint density at radius 3 is 2.44 bits per heavy atom. The minimum atomic E-state index is -0.201. The van der Waals surface area contributed by atoms with Crippen molar-refractivity contribution >= 4 is 34.5 Å². The summed E-state index contributed by atoms with van der Waals surface area (Å²) in [5.41, 5.74) is 2.91. The maximum absolute atomic E-state index is 12.3. The highest BCUT2D eigenvalue weighted by Gasteiger charge is 2.11. The average Bonchev–Trinajstić information content (AvgIpc) is 3.18. The molecule has 0 aliphatic heterocycles. The van der Waals surface area contributed by atoms with Crippen LogP contribution in [0.25, 0.3) is 11.3 Å². The van der Waals surface area contributed by atoms with Gasteiger partial charge in [-0.2, -0.15) is 0 Å². The highest BCUT2D eigenvalue weighted by molar-refractivity contribution is 7.09. The van der Waals surface area contributed by atoms with Gasteiger partial charge in [0.2, 0.25) is 0 Å². The fourth-order valence-corrected chi connectivity index (χ4v) is 3.37. The number of halogens is 1. The summed E-state index contributed by atoms with van der Waals surface area (Å²) in [6, 6.07) is 12.4. The number of methoxy groups -OCH3 is 1. The van der Waals surface area contributed by atoms with Crippen molar-refractivity contribution < 1.29 is 9.53 Å². The molecule has 0 aliphatic carbocycles. The summed E-state index contributed by atoms with van der Waals surface area (Å²) in [4.78, 5) is 16.9. The Balaban J connectivity index is 0.00000126. The Morgan fingerprint density at radius 1 is 1.19 bits per heavy atom. The van der Waals surface area contributed by atoms with E-state index in [0.717, 1.165) is 22.7 Å². The summed E-state index contributed by atoms with van der Waals surface area (Å²) in [5.74, 6) is 0.507. The Morgan fingerprint density at radius 2 is 1.89 bits per heavy atom.